The Morgan fingerprint density at radius 2 is 2.29 bits per heavy atom. The van der Waals surface area contributed by atoms with Crippen LogP contribution in [0.3, 0.4) is 0 Å². The molecule has 17 heavy (non-hydrogen) atoms. The van der Waals surface area contributed by atoms with Crippen molar-refractivity contribution in [3.63, 3.8) is 0 Å². The number of aryl methyl sites for hydroxylation is 1. The Bertz CT molecular complexity index is 493. The molecule has 3 nitrogen and oxygen atoms in total. The van der Waals surface area contributed by atoms with Crippen molar-refractivity contribution < 1.29 is 0 Å². The molecule has 0 aliphatic carbocycles. The summed E-state index contributed by atoms with van der Waals surface area (Å²) in [6.45, 7) is 3.00. The Kier molecular flexibility index (Phi) is 3.97. The molecule has 4 heteroatoms. The standard InChI is InChI=1S/C13H16BrN3/c1-10(12-8-16-17(2)9-12)15-7-11-4-3-5-13(14)6-11/h3-6,8-10,15H,7H2,1-2H3. The maximum absolute atomic E-state index is 4.18. The molecule has 0 amide bonds. The molecule has 1 aromatic heterocycles. The highest BCUT2D eigenvalue weighted by atomic mass is 79.9. The van der Waals surface area contributed by atoms with E-state index in [9.17, 15) is 0 Å². The van der Waals surface area contributed by atoms with Gasteiger partial charge in [-0.3, -0.25) is 4.68 Å². The van der Waals surface area contributed by atoms with Crippen molar-refractivity contribution in [3.05, 3.63) is 52.3 Å². The minimum atomic E-state index is 0.308. The molecular formula is C13H16BrN3. The van der Waals surface area contributed by atoms with Crippen LogP contribution in [-0.4, -0.2) is 9.78 Å². The summed E-state index contributed by atoms with van der Waals surface area (Å²) in [5.74, 6) is 0. The van der Waals surface area contributed by atoms with Crippen molar-refractivity contribution in [1.82, 2.24) is 15.1 Å². The molecule has 0 saturated heterocycles. The molecular weight excluding hydrogens is 278 g/mol. The van der Waals surface area contributed by atoms with E-state index in [1.807, 2.05) is 30.2 Å². The molecule has 0 radical (unpaired) electrons. The van der Waals surface area contributed by atoms with Crippen molar-refractivity contribution in [2.24, 2.45) is 7.05 Å². The highest BCUT2D eigenvalue weighted by Gasteiger charge is 2.06. The fraction of sp³-hybridized carbons (Fsp3) is 0.308. The number of nitrogens with one attached hydrogen (secondary N) is 1. The van der Waals surface area contributed by atoms with E-state index in [0.717, 1.165) is 11.0 Å². The maximum Gasteiger partial charge on any atom is 0.0537 e. The van der Waals surface area contributed by atoms with Crippen LogP contribution in [-0.2, 0) is 13.6 Å². The lowest BCUT2D eigenvalue weighted by atomic mass is 10.1. The summed E-state index contributed by atoms with van der Waals surface area (Å²) in [7, 11) is 1.94. The Morgan fingerprint density at radius 3 is 2.94 bits per heavy atom. The Balaban J connectivity index is 1.94. The van der Waals surface area contributed by atoms with Crippen LogP contribution in [0.1, 0.15) is 24.1 Å². The predicted molar refractivity (Wildman–Crippen MR) is 72.6 cm³/mol. The van der Waals surface area contributed by atoms with Crippen molar-refractivity contribution in [2.45, 2.75) is 19.5 Å². The number of halogens is 1. The van der Waals surface area contributed by atoms with E-state index in [4.69, 9.17) is 0 Å². The van der Waals surface area contributed by atoms with Crippen LogP contribution in [0, 0.1) is 0 Å². The van der Waals surface area contributed by atoms with Gasteiger partial charge in [0.2, 0.25) is 0 Å². The van der Waals surface area contributed by atoms with Crippen LogP contribution in [0.15, 0.2) is 41.1 Å². The zero-order valence-electron chi connectivity index (χ0n) is 10.0. The van der Waals surface area contributed by atoms with Gasteiger partial charge in [-0.25, -0.2) is 0 Å². The van der Waals surface area contributed by atoms with Crippen LogP contribution >= 0.6 is 15.9 Å². The molecule has 1 aromatic carbocycles. The first-order chi connectivity index (χ1) is 8.15. The summed E-state index contributed by atoms with van der Waals surface area (Å²) in [5, 5.41) is 7.66. The van der Waals surface area contributed by atoms with E-state index >= 15 is 0 Å². The smallest absolute Gasteiger partial charge is 0.0537 e. The van der Waals surface area contributed by atoms with Gasteiger partial charge in [0.25, 0.3) is 0 Å². The molecule has 0 saturated carbocycles. The molecule has 90 valence electrons. The quantitative estimate of drug-likeness (QED) is 0.939. The highest BCUT2D eigenvalue weighted by molar-refractivity contribution is 9.10. The number of hydrogen-bond acceptors (Lipinski definition) is 2. The van der Waals surface area contributed by atoms with Gasteiger partial charge in [-0.15, -0.1) is 0 Å². The molecule has 2 aromatic rings. The summed E-state index contributed by atoms with van der Waals surface area (Å²) >= 11 is 3.48. The van der Waals surface area contributed by atoms with Gasteiger partial charge < -0.3 is 5.32 Å². The largest absolute Gasteiger partial charge is 0.306 e. The van der Waals surface area contributed by atoms with Crippen LogP contribution < -0.4 is 5.32 Å². The highest BCUT2D eigenvalue weighted by Crippen LogP contribution is 2.14. The maximum atomic E-state index is 4.18. The van der Waals surface area contributed by atoms with Gasteiger partial charge in [-0.2, -0.15) is 5.10 Å². The zero-order valence-corrected chi connectivity index (χ0v) is 11.6. The number of benzene rings is 1. The molecule has 1 atom stereocenters. The summed E-state index contributed by atoms with van der Waals surface area (Å²) < 4.78 is 2.94. The minimum Gasteiger partial charge on any atom is -0.306 e. The zero-order chi connectivity index (χ0) is 12.3. The monoisotopic (exact) mass is 293 g/mol. The lowest BCUT2D eigenvalue weighted by Crippen LogP contribution is -2.17. The topological polar surface area (TPSA) is 29.9 Å². The second kappa shape index (κ2) is 5.47. The van der Waals surface area contributed by atoms with Gasteiger partial charge in [0.05, 0.1) is 6.20 Å². The van der Waals surface area contributed by atoms with E-state index in [2.05, 4.69) is 51.5 Å². The lowest BCUT2D eigenvalue weighted by Gasteiger charge is -2.12. The first-order valence-electron chi connectivity index (χ1n) is 5.61. The van der Waals surface area contributed by atoms with Crippen molar-refractivity contribution in [3.8, 4) is 0 Å². The lowest BCUT2D eigenvalue weighted by molar-refractivity contribution is 0.574. The van der Waals surface area contributed by atoms with Crippen molar-refractivity contribution >= 4 is 15.9 Å². The third-order valence-corrected chi connectivity index (χ3v) is 3.22. The van der Waals surface area contributed by atoms with Crippen molar-refractivity contribution in [2.75, 3.05) is 0 Å². The van der Waals surface area contributed by atoms with Gasteiger partial charge in [0.15, 0.2) is 0 Å². The summed E-state index contributed by atoms with van der Waals surface area (Å²) in [6, 6.07) is 8.64. The number of aromatic nitrogens is 2. The molecule has 1 heterocycles. The molecule has 1 unspecified atom stereocenters. The molecule has 0 aliphatic heterocycles. The third-order valence-electron chi connectivity index (χ3n) is 2.73. The average Bonchev–Trinajstić information content (AvgIpc) is 2.73. The van der Waals surface area contributed by atoms with Gasteiger partial charge in [-0.05, 0) is 24.6 Å². The minimum absolute atomic E-state index is 0.308. The van der Waals surface area contributed by atoms with Crippen LogP contribution in [0.4, 0.5) is 0 Å². The van der Waals surface area contributed by atoms with E-state index in [-0.39, 0.29) is 0 Å². The van der Waals surface area contributed by atoms with Crippen molar-refractivity contribution in [1.29, 1.82) is 0 Å². The number of nitrogens with zero attached hydrogens (tertiary/aromatic N) is 2. The Morgan fingerprint density at radius 1 is 1.47 bits per heavy atom. The molecule has 2 rings (SSSR count). The molecule has 0 aliphatic rings. The number of hydrogen-bond donors (Lipinski definition) is 1. The molecule has 0 bridgehead atoms. The van der Waals surface area contributed by atoms with E-state index in [0.29, 0.717) is 6.04 Å². The second-order valence-electron chi connectivity index (χ2n) is 4.18. The fourth-order valence-corrected chi connectivity index (χ4v) is 2.15. The summed E-state index contributed by atoms with van der Waals surface area (Å²) in [5.41, 5.74) is 2.48. The molecule has 1 N–H and O–H groups in total. The Labute approximate surface area is 110 Å². The fourth-order valence-electron chi connectivity index (χ4n) is 1.70. The van der Waals surface area contributed by atoms with Crippen LogP contribution in [0.5, 0.6) is 0 Å². The van der Waals surface area contributed by atoms with E-state index in [1.165, 1.54) is 11.1 Å². The summed E-state index contributed by atoms with van der Waals surface area (Å²) in [4.78, 5) is 0. The second-order valence-corrected chi connectivity index (χ2v) is 5.10. The first-order valence-corrected chi connectivity index (χ1v) is 6.41. The normalized spacial score (nSPS) is 12.6. The van der Waals surface area contributed by atoms with Gasteiger partial charge >= 0.3 is 0 Å². The third kappa shape index (κ3) is 3.41. The van der Waals surface area contributed by atoms with Crippen LogP contribution in [0.25, 0.3) is 0 Å². The average molecular weight is 294 g/mol. The SMILES string of the molecule is CC(NCc1cccc(Br)c1)c1cnn(C)c1. The number of rotatable bonds is 4. The van der Waals surface area contributed by atoms with Gasteiger partial charge in [0.1, 0.15) is 0 Å². The van der Waals surface area contributed by atoms with E-state index < -0.39 is 0 Å². The van der Waals surface area contributed by atoms with Gasteiger partial charge in [0, 0.05) is 35.9 Å². The predicted octanol–water partition coefficient (Wildman–Crippen LogP) is 3.03. The van der Waals surface area contributed by atoms with Crippen LogP contribution in [0.2, 0.25) is 0 Å². The molecule has 0 spiro atoms. The van der Waals surface area contributed by atoms with Gasteiger partial charge in [-0.1, -0.05) is 28.1 Å². The van der Waals surface area contributed by atoms with E-state index in [1.54, 1.807) is 0 Å². The Hall–Kier alpha value is -1.13. The summed E-state index contributed by atoms with van der Waals surface area (Å²) in [6.07, 6.45) is 3.94. The molecule has 0 fully saturated rings. The first kappa shape index (κ1) is 12.3.